The van der Waals surface area contributed by atoms with Crippen LogP contribution in [0.25, 0.3) is 0 Å². The van der Waals surface area contributed by atoms with Gasteiger partial charge in [-0.3, -0.25) is 9.59 Å². The van der Waals surface area contributed by atoms with Crippen molar-refractivity contribution in [2.45, 2.75) is 38.8 Å². The third kappa shape index (κ3) is 7.02. The molecule has 0 spiro atoms. The van der Waals surface area contributed by atoms with E-state index in [1.54, 1.807) is 31.2 Å². The molecule has 0 aliphatic rings. The van der Waals surface area contributed by atoms with Crippen molar-refractivity contribution >= 4 is 24.2 Å². The van der Waals surface area contributed by atoms with Crippen LogP contribution in [0.15, 0.2) is 30.3 Å². The quantitative estimate of drug-likeness (QED) is 0.535. The number of esters is 1. The first kappa shape index (κ1) is 20.6. The summed E-state index contributed by atoms with van der Waals surface area (Å²) in [5.41, 5.74) is 0.560. The summed E-state index contributed by atoms with van der Waals surface area (Å²) in [4.78, 5) is 24.2. The van der Waals surface area contributed by atoms with Gasteiger partial charge in [-0.05, 0) is 13.3 Å². The molecular weight excluding hydrogens is 306 g/mol. The van der Waals surface area contributed by atoms with Crippen LogP contribution >= 0.6 is 12.4 Å². The fourth-order valence-corrected chi connectivity index (χ4v) is 1.77. The average Bonchev–Trinajstić information content (AvgIpc) is 2.51. The maximum atomic E-state index is 12.2. The summed E-state index contributed by atoms with van der Waals surface area (Å²) >= 11 is 0. The van der Waals surface area contributed by atoms with Crippen LogP contribution in [-0.4, -0.2) is 42.2 Å². The van der Waals surface area contributed by atoms with E-state index in [0.29, 0.717) is 12.0 Å². The van der Waals surface area contributed by atoms with Crippen LogP contribution in [0.5, 0.6) is 0 Å². The fraction of sp³-hybridized carbons (Fsp3) is 0.500. The molecule has 0 amide bonds. The smallest absolute Gasteiger partial charge is 0.323 e. The number of rotatable bonds is 9. The molecule has 1 aromatic carbocycles. The summed E-state index contributed by atoms with van der Waals surface area (Å²) in [6.07, 6.45) is 0.535. The number of hydrogen-bond acceptors (Lipinski definition) is 5. The predicted octanol–water partition coefficient (Wildman–Crippen LogP) is 1.97. The summed E-state index contributed by atoms with van der Waals surface area (Å²) in [7, 11) is 0. The molecule has 22 heavy (non-hydrogen) atoms. The Bertz CT molecular complexity index is 453. The summed E-state index contributed by atoms with van der Waals surface area (Å²) in [5, 5.41) is 11.7. The minimum Gasteiger partial charge on any atom is -0.462 e. The molecule has 0 aromatic heterocycles. The van der Waals surface area contributed by atoms with Gasteiger partial charge in [0.15, 0.2) is 5.78 Å². The number of benzene rings is 1. The largest absolute Gasteiger partial charge is 0.462 e. The van der Waals surface area contributed by atoms with Crippen molar-refractivity contribution in [2.75, 3.05) is 13.2 Å². The molecule has 1 aromatic rings. The Morgan fingerprint density at radius 2 is 1.91 bits per heavy atom. The zero-order chi connectivity index (χ0) is 15.7. The highest BCUT2D eigenvalue weighted by Crippen LogP contribution is 2.08. The molecular formula is C16H24ClNO4. The number of Topliss-reactive ketones (excluding diaryl/α,β-unsaturated/α-hetero) is 1. The minimum absolute atomic E-state index is 0. The molecule has 0 fully saturated rings. The van der Waals surface area contributed by atoms with Crippen LogP contribution < -0.4 is 5.32 Å². The summed E-state index contributed by atoms with van der Waals surface area (Å²) < 4.78 is 5.26. The molecule has 0 saturated heterocycles. The molecule has 5 nitrogen and oxygen atoms in total. The molecule has 0 bridgehead atoms. The van der Waals surface area contributed by atoms with Crippen molar-refractivity contribution in [3.05, 3.63) is 35.9 Å². The Kier molecular flexibility index (Phi) is 10.5. The molecule has 0 radical (unpaired) electrons. The zero-order valence-corrected chi connectivity index (χ0v) is 13.8. The number of halogens is 1. The van der Waals surface area contributed by atoms with Gasteiger partial charge in [0.25, 0.3) is 0 Å². The Hall–Kier alpha value is -1.43. The average molecular weight is 330 g/mol. The highest BCUT2D eigenvalue weighted by molar-refractivity contribution is 5.98. The van der Waals surface area contributed by atoms with Gasteiger partial charge < -0.3 is 15.2 Å². The molecule has 0 heterocycles. The lowest BCUT2D eigenvalue weighted by atomic mass is 10.0. The molecule has 0 saturated carbocycles. The van der Waals surface area contributed by atoms with Crippen LogP contribution in [0.4, 0.5) is 0 Å². The lowest BCUT2D eigenvalue weighted by Gasteiger charge is -2.19. The molecule has 2 unspecified atom stereocenters. The van der Waals surface area contributed by atoms with Crippen molar-refractivity contribution in [3.63, 3.8) is 0 Å². The lowest BCUT2D eigenvalue weighted by molar-refractivity contribution is -0.150. The second kappa shape index (κ2) is 11.2. The first-order valence-corrected chi connectivity index (χ1v) is 7.21. The van der Waals surface area contributed by atoms with Crippen molar-refractivity contribution in [1.82, 2.24) is 5.32 Å². The molecule has 6 heteroatoms. The summed E-state index contributed by atoms with van der Waals surface area (Å²) in [5.74, 6) is -0.589. The summed E-state index contributed by atoms with van der Waals surface area (Å²) in [6.45, 7) is 3.86. The normalized spacial score (nSPS) is 12.9. The van der Waals surface area contributed by atoms with Gasteiger partial charge in [-0.1, -0.05) is 37.3 Å². The van der Waals surface area contributed by atoms with Gasteiger partial charge in [0.1, 0.15) is 6.04 Å². The molecule has 2 atom stereocenters. The van der Waals surface area contributed by atoms with Gasteiger partial charge in [0, 0.05) is 18.5 Å². The second-order valence-corrected chi connectivity index (χ2v) is 4.88. The number of nitrogens with one attached hydrogen (secondary N) is 1. The van der Waals surface area contributed by atoms with Crippen molar-refractivity contribution in [2.24, 2.45) is 0 Å². The molecule has 2 N–H and O–H groups in total. The van der Waals surface area contributed by atoms with Crippen LogP contribution in [-0.2, 0) is 9.53 Å². The van der Waals surface area contributed by atoms with Crippen LogP contribution in [0.1, 0.15) is 37.0 Å². The number of carbonyl (C=O) groups excluding carboxylic acids is 2. The van der Waals surface area contributed by atoms with Gasteiger partial charge in [-0.2, -0.15) is 0 Å². The topological polar surface area (TPSA) is 75.6 Å². The number of aliphatic hydroxyl groups is 1. The number of hydrogen-bond donors (Lipinski definition) is 2. The fourth-order valence-electron chi connectivity index (χ4n) is 1.77. The first-order chi connectivity index (χ1) is 10.1. The van der Waals surface area contributed by atoms with Crippen molar-refractivity contribution in [3.8, 4) is 0 Å². The maximum absolute atomic E-state index is 12.2. The number of ether oxygens (including phenoxy) is 1. The first-order valence-electron chi connectivity index (χ1n) is 7.21. The van der Waals surface area contributed by atoms with E-state index in [-0.39, 0.29) is 43.9 Å². The van der Waals surface area contributed by atoms with E-state index >= 15 is 0 Å². The summed E-state index contributed by atoms with van der Waals surface area (Å²) in [6, 6.07) is 8.08. The zero-order valence-electron chi connectivity index (χ0n) is 13.0. The predicted molar refractivity (Wildman–Crippen MR) is 87.4 cm³/mol. The Balaban J connectivity index is 0.00000441. The van der Waals surface area contributed by atoms with E-state index < -0.39 is 12.0 Å². The van der Waals surface area contributed by atoms with Crippen molar-refractivity contribution < 1.29 is 19.4 Å². The molecule has 124 valence electrons. The van der Waals surface area contributed by atoms with E-state index in [2.05, 4.69) is 5.32 Å². The van der Waals surface area contributed by atoms with E-state index in [0.717, 1.165) is 0 Å². The third-order valence-electron chi connectivity index (χ3n) is 3.16. The monoisotopic (exact) mass is 329 g/mol. The van der Waals surface area contributed by atoms with E-state index in [9.17, 15) is 9.59 Å². The maximum Gasteiger partial charge on any atom is 0.323 e. The number of ketones is 1. The van der Waals surface area contributed by atoms with E-state index in [1.807, 2.05) is 13.0 Å². The Morgan fingerprint density at radius 3 is 2.45 bits per heavy atom. The van der Waals surface area contributed by atoms with Gasteiger partial charge in [-0.15, -0.1) is 12.4 Å². The van der Waals surface area contributed by atoms with E-state index in [1.165, 1.54) is 0 Å². The van der Waals surface area contributed by atoms with Crippen LogP contribution in [0.3, 0.4) is 0 Å². The van der Waals surface area contributed by atoms with Gasteiger partial charge in [0.2, 0.25) is 0 Å². The third-order valence-corrected chi connectivity index (χ3v) is 3.16. The lowest BCUT2D eigenvalue weighted by Crippen LogP contribution is -2.42. The molecule has 1 rings (SSSR count). The highest BCUT2D eigenvalue weighted by atomic mass is 35.5. The molecule has 0 aliphatic heterocycles. The van der Waals surface area contributed by atoms with E-state index in [4.69, 9.17) is 9.84 Å². The van der Waals surface area contributed by atoms with Crippen molar-refractivity contribution in [1.29, 1.82) is 0 Å². The van der Waals surface area contributed by atoms with Gasteiger partial charge in [-0.25, -0.2) is 0 Å². The second-order valence-electron chi connectivity index (χ2n) is 4.88. The minimum atomic E-state index is -0.737. The van der Waals surface area contributed by atoms with Crippen LogP contribution in [0, 0.1) is 0 Å². The Morgan fingerprint density at radius 1 is 1.27 bits per heavy atom. The SMILES string of the molecule is CCC(C)OC(=O)C(CC(=O)c1ccccc1)NCCO.Cl. The standard InChI is InChI=1S/C16H23NO4.ClH/c1-3-12(2)21-16(20)14(17-9-10-18)11-15(19)13-7-5-4-6-8-13;/h4-8,12,14,17-18H,3,9-11H2,1-2H3;1H. The molecule has 0 aliphatic carbocycles. The highest BCUT2D eigenvalue weighted by Gasteiger charge is 2.24. The van der Waals surface area contributed by atoms with Crippen LogP contribution in [0.2, 0.25) is 0 Å². The van der Waals surface area contributed by atoms with Gasteiger partial charge in [0.05, 0.1) is 12.7 Å². The van der Waals surface area contributed by atoms with Gasteiger partial charge >= 0.3 is 5.97 Å². The number of carbonyl (C=O) groups is 2. The Labute approximate surface area is 137 Å². The number of aliphatic hydroxyl groups excluding tert-OH is 1.